The largest absolute Gasteiger partial charge is 0.481 e. The number of aliphatic carboxylic acids is 1. The summed E-state index contributed by atoms with van der Waals surface area (Å²) in [4.78, 5) is 30.3. The minimum atomic E-state index is -0.873. The third kappa shape index (κ3) is 2.68. The molecule has 0 bridgehead atoms. The van der Waals surface area contributed by atoms with Crippen LogP contribution in [-0.2, 0) is 23.2 Å². The third-order valence-corrected chi connectivity index (χ3v) is 5.74. The molecule has 132 valence electrons. The SMILES string of the molecule is Cn1c(CN2CCC3(CC2)NC(=O)C[C@H]3C(=O)O)nc2ccccc21. The summed E-state index contributed by atoms with van der Waals surface area (Å²) >= 11 is 0. The molecule has 0 unspecified atom stereocenters. The summed E-state index contributed by atoms with van der Waals surface area (Å²) in [5.74, 6) is -0.626. The van der Waals surface area contributed by atoms with Crippen LogP contribution in [0.5, 0.6) is 0 Å². The summed E-state index contributed by atoms with van der Waals surface area (Å²) in [6.07, 6.45) is 1.43. The maximum absolute atomic E-state index is 11.7. The number of aromatic nitrogens is 2. The van der Waals surface area contributed by atoms with Gasteiger partial charge in [-0.25, -0.2) is 4.98 Å². The van der Waals surface area contributed by atoms with Gasteiger partial charge in [0, 0.05) is 26.6 Å². The van der Waals surface area contributed by atoms with Gasteiger partial charge < -0.3 is 15.0 Å². The van der Waals surface area contributed by atoms with Crippen LogP contribution < -0.4 is 5.32 Å². The zero-order valence-corrected chi connectivity index (χ0v) is 14.2. The number of fused-ring (bicyclic) bond motifs is 1. The van der Waals surface area contributed by atoms with Crippen molar-refractivity contribution in [3.8, 4) is 0 Å². The second kappa shape index (κ2) is 5.84. The number of carbonyl (C=O) groups is 2. The normalized spacial score (nSPS) is 23.2. The number of hydrogen-bond donors (Lipinski definition) is 2. The quantitative estimate of drug-likeness (QED) is 0.873. The number of carbonyl (C=O) groups excluding carboxylic acids is 1. The molecule has 7 heteroatoms. The van der Waals surface area contributed by atoms with Crippen LogP contribution in [0.1, 0.15) is 25.1 Å². The lowest BCUT2D eigenvalue weighted by molar-refractivity contribution is -0.144. The first kappa shape index (κ1) is 16.1. The van der Waals surface area contributed by atoms with Crippen molar-refractivity contribution in [1.82, 2.24) is 19.8 Å². The highest BCUT2D eigenvalue weighted by molar-refractivity contribution is 5.88. The van der Waals surface area contributed by atoms with Gasteiger partial charge in [-0.1, -0.05) is 12.1 Å². The van der Waals surface area contributed by atoms with Crippen molar-refractivity contribution < 1.29 is 14.7 Å². The van der Waals surface area contributed by atoms with Crippen molar-refractivity contribution in [2.24, 2.45) is 13.0 Å². The summed E-state index contributed by atoms with van der Waals surface area (Å²) < 4.78 is 2.11. The molecule has 2 N–H and O–H groups in total. The second-order valence-electron chi connectivity index (χ2n) is 7.15. The Balaban J connectivity index is 1.48. The van der Waals surface area contributed by atoms with Crippen LogP contribution in [0.4, 0.5) is 0 Å². The molecule has 2 aliphatic rings. The highest BCUT2D eigenvalue weighted by atomic mass is 16.4. The Morgan fingerprint density at radius 1 is 1.36 bits per heavy atom. The molecule has 0 saturated carbocycles. The summed E-state index contributed by atoms with van der Waals surface area (Å²) in [7, 11) is 2.02. The van der Waals surface area contributed by atoms with Gasteiger partial charge in [-0.2, -0.15) is 0 Å². The number of nitrogens with one attached hydrogen (secondary N) is 1. The lowest BCUT2D eigenvalue weighted by Gasteiger charge is -2.41. The number of carboxylic acid groups (broad SMARTS) is 1. The van der Waals surface area contributed by atoms with Gasteiger partial charge in [-0.05, 0) is 25.0 Å². The van der Waals surface area contributed by atoms with Crippen LogP contribution in [0.3, 0.4) is 0 Å². The molecule has 2 fully saturated rings. The molecule has 25 heavy (non-hydrogen) atoms. The monoisotopic (exact) mass is 342 g/mol. The predicted octanol–water partition coefficient (Wildman–Crippen LogP) is 1.13. The zero-order valence-electron chi connectivity index (χ0n) is 14.2. The van der Waals surface area contributed by atoms with Crippen LogP contribution in [-0.4, -0.2) is 50.1 Å². The Morgan fingerprint density at radius 2 is 2.08 bits per heavy atom. The van der Waals surface area contributed by atoms with Crippen LogP contribution in [0.2, 0.25) is 0 Å². The highest BCUT2D eigenvalue weighted by Crippen LogP contribution is 2.37. The van der Waals surface area contributed by atoms with E-state index in [1.807, 2.05) is 25.2 Å². The van der Waals surface area contributed by atoms with E-state index in [0.717, 1.165) is 36.5 Å². The molecule has 1 aromatic carbocycles. The topological polar surface area (TPSA) is 87.5 Å². The first-order valence-electron chi connectivity index (χ1n) is 8.65. The van der Waals surface area contributed by atoms with Gasteiger partial charge in [-0.3, -0.25) is 14.5 Å². The van der Waals surface area contributed by atoms with Crippen LogP contribution in [0.15, 0.2) is 24.3 Å². The number of carboxylic acids is 1. The van der Waals surface area contributed by atoms with E-state index in [-0.39, 0.29) is 12.3 Å². The summed E-state index contributed by atoms with van der Waals surface area (Å²) in [6.45, 7) is 2.24. The van der Waals surface area contributed by atoms with Gasteiger partial charge in [0.25, 0.3) is 0 Å². The van der Waals surface area contributed by atoms with E-state index in [4.69, 9.17) is 4.98 Å². The molecule has 1 spiro atoms. The highest BCUT2D eigenvalue weighted by Gasteiger charge is 2.51. The number of rotatable bonds is 3. The van der Waals surface area contributed by atoms with E-state index < -0.39 is 17.4 Å². The molecular weight excluding hydrogens is 320 g/mol. The number of hydrogen-bond acceptors (Lipinski definition) is 4. The Hall–Kier alpha value is -2.41. The average Bonchev–Trinajstić information content (AvgIpc) is 3.08. The van der Waals surface area contributed by atoms with Crippen molar-refractivity contribution in [1.29, 1.82) is 0 Å². The first-order chi connectivity index (χ1) is 12.0. The van der Waals surface area contributed by atoms with E-state index in [0.29, 0.717) is 12.8 Å². The summed E-state index contributed by atoms with van der Waals surface area (Å²) in [5.41, 5.74) is 1.52. The van der Waals surface area contributed by atoms with Crippen LogP contribution >= 0.6 is 0 Å². The minimum Gasteiger partial charge on any atom is -0.481 e. The molecule has 2 saturated heterocycles. The number of para-hydroxylation sites is 2. The lowest BCUT2D eigenvalue weighted by Crippen LogP contribution is -2.55. The molecule has 4 rings (SSSR count). The number of benzene rings is 1. The van der Waals surface area contributed by atoms with Gasteiger partial charge in [-0.15, -0.1) is 0 Å². The van der Waals surface area contributed by atoms with Crippen molar-refractivity contribution in [2.45, 2.75) is 31.3 Å². The predicted molar refractivity (Wildman–Crippen MR) is 91.8 cm³/mol. The zero-order chi connectivity index (χ0) is 17.6. The van der Waals surface area contributed by atoms with Crippen molar-refractivity contribution in [2.75, 3.05) is 13.1 Å². The molecule has 1 aromatic heterocycles. The van der Waals surface area contributed by atoms with Crippen molar-refractivity contribution in [3.63, 3.8) is 0 Å². The van der Waals surface area contributed by atoms with Gasteiger partial charge in [0.05, 0.1) is 29.0 Å². The van der Waals surface area contributed by atoms with E-state index >= 15 is 0 Å². The number of aryl methyl sites for hydroxylation is 1. The number of nitrogens with zero attached hydrogens (tertiary/aromatic N) is 3. The molecule has 1 amide bonds. The Morgan fingerprint density at radius 3 is 2.76 bits per heavy atom. The fraction of sp³-hybridized carbons (Fsp3) is 0.500. The Kier molecular flexibility index (Phi) is 3.76. The maximum atomic E-state index is 11.7. The molecule has 2 aromatic rings. The van der Waals surface area contributed by atoms with Crippen LogP contribution in [0, 0.1) is 5.92 Å². The van der Waals surface area contributed by atoms with E-state index in [1.165, 1.54) is 0 Å². The molecule has 1 atom stereocenters. The van der Waals surface area contributed by atoms with E-state index in [9.17, 15) is 14.7 Å². The number of piperidine rings is 1. The van der Waals surface area contributed by atoms with Gasteiger partial charge in [0.15, 0.2) is 0 Å². The molecule has 0 radical (unpaired) electrons. The third-order valence-electron chi connectivity index (χ3n) is 5.74. The molecule has 2 aliphatic heterocycles. The van der Waals surface area contributed by atoms with Gasteiger partial charge in [0.1, 0.15) is 5.82 Å². The van der Waals surface area contributed by atoms with Crippen LogP contribution in [0.25, 0.3) is 11.0 Å². The lowest BCUT2D eigenvalue weighted by atomic mass is 9.78. The maximum Gasteiger partial charge on any atom is 0.309 e. The minimum absolute atomic E-state index is 0.0973. The van der Waals surface area contributed by atoms with Gasteiger partial charge in [0.2, 0.25) is 5.91 Å². The van der Waals surface area contributed by atoms with E-state index in [1.54, 1.807) is 0 Å². The molecule has 7 nitrogen and oxygen atoms in total. The molecular formula is C18H22N4O3. The van der Waals surface area contributed by atoms with Crippen molar-refractivity contribution in [3.05, 3.63) is 30.1 Å². The summed E-state index contributed by atoms with van der Waals surface area (Å²) in [6, 6.07) is 8.06. The molecule has 3 heterocycles. The fourth-order valence-corrected chi connectivity index (χ4v) is 4.24. The molecule has 0 aliphatic carbocycles. The number of amides is 1. The smallest absolute Gasteiger partial charge is 0.309 e. The van der Waals surface area contributed by atoms with Crippen molar-refractivity contribution >= 4 is 22.9 Å². The fourth-order valence-electron chi connectivity index (χ4n) is 4.24. The Bertz CT molecular complexity index is 836. The Labute approximate surface area is 145 Å². The first-order valence-corrected chi connectivity index (χ1v) is 8.65. The standard InChI is InChI=1S/C18H22N4O3/c1-21-14-5-3-2-4-13(14)19-15(21)11-22-8-6-18(7-9-22)12(17(24)25)10-16(23)20-18/h2-5,12H,6-11H2,1H3,(H,20,23)(H,24,25)/t12-/m0/s1. The average molecular weight is 342 g/mol. The second-order valence-corrected chi connectivity index (χ2v) is 7.15. The number of imidazole rings is 1. The van der Waals surface area contributed by atoms with E-state index in [2.05, 4.69) is 20.9 Å². The van der Waals surface area contributed by atoms with Gasteiger partial charge >= 0.3 is 5.97 Å². The number of likely N-dealkylation sites (tertiary alicyclic amines) is 1. The summed E-state index contributed by atoms with van der Waals surface area (Å²) in [5, 5.41) is 12.4.